The van der Waals surface area contributed by atoms with Gasteiger partial charge in [-0.3, -0.25) is 0 Å². The van der Waals surface area contributed by atoms with E-state index in [0.717, 1.165) is 43.9 Å². The molecule has 5 heteroatoms. The second-order valence-electron chi connectivity index (χ2n) is 5.31. The van der Waals surface area contributed by atoms with Gasteiger partial charge in [-0.2, -0.15) is 0 Å². The van der Waals surface area contributed by atoms with E-state index in [1.807, 2.05) is 11.3 Å². The van der Waals surface area contributed by atoms with Gasteiger partial charge in [0.15, 0.2) is 0 Å². The molecule has 2 saturated carbocycles. The molecule has 0 amide bonds. The van der Waals surface area contributed by atoms with Gasteiger partial charge in [0.25, 0.3) is 0 Å². The van der Waals surface area contributed by atoms with Crippen LogP contribution in [0.15, 0.2) is 0 Å². The van der Waals surface area contributed by atoms with E-state index < -0.39 is 0 Å². The van der Waals surface area contributed by atoms with Crippen molar-refractivity contribution in [3.8, 4) is 0 Å². The smallest absolute Gasteiger partial charge is 0.121 e. The van der Waals surface area contributed by atoms with Crippen molar-refractivity contribution in [3.05, 3.63) is 10.0 Å². The van der Waals surface area contributed by atoms with Gasteiger partial charge in [0, 0.05) is 32.5 Å². The molecule has 0 bridgehead atoms. The number of methoxy groups -OCH3 is 1. The van der Waals surface area contributed by atoms with Gasteiger partial charge in [-0.15, -0.1) is 21.5 Å². The largest absolute Gasteiger partial charge is 0.383 e. The lowest BCUT2D eigenvalue weighted by atomic mass is 10.2. The predicted octanol–water partition coefficient (Wildman–Crippen LogP) is 1.83. The summed E-state index contributed by atoms with van der Waals surface area (Å²) in [6, 6.07) is 0. The zero-order valence-corrected chi connectivity index (χ0v) is 11.7. The van der Waals surface area contributed by atoms with Gasteiger partial charge in [-0.05, 0) is 24.7 Å². The second kappa shape index (κ2) is 5.63. The Morgan fingerprint density at radius 3 is 2.89 bits per heavy atom. The van der Waals surface area contributed by atoms with Crippen LogP contribution in [0.1, 0.15) is 35.2 Å². The topological polar surface area (TPSA) is 47.0 Å². The second-order valence-corrected chi connectivity index (χ2v) is 6.40. The zero-order valence-electron chi connectivity index (χ0n) is 10.9. The summed E-state index contributed by atoms with van der Waals surface area (Å²) in [5.74, 6) is 2.67. The fourth-order valence-corrected chi connectivity index (χ4v) is 4.28. The molecule has 1 aromatic rings. The van der Waals surface area contributed by atoms with Crippen LogP contribution in [0.25, 0.3) is 0 Å². The first kappa shape index (κ1) is 12.5. The molecule has 4 nitrogen and oxygen atoms in total. The minimum absolute atomic E-state index is 0.770. The number of nitrogens with one attached hydrogen (secondary N) is 1. The fourth-order valence-electron chi connectivity index (χ4n) is 3.18. The molecule has 0 aromatic carbocycles. The number of aromatic nitrogens is 2. The third-order valence-corrected chi connectivity index (χ3v) is 5.26. The number of hydrogen-bond donors (Lipinski definition) is 1. The molecule has 100 valence electrons. The van der Waals surface area contributed by atoms with Crippen LogP contribution in [-0.2, 0) is 11.2 Å². The molecular weight excluding hydrogens is 246 g/mol. The summed E-state index contributed by atoms with van der Waals surface area (Å²) in [4.78, 5) is 0. The number of fused-ring (bicyclic) bond motifs is 1. The van der Waals surface area contributed by atoms with Gasteiger partial charge in [0.05, 0.1) is 6.61 Å². The quantitative estimate of drug-likeness (QED) is 0.766. The maximum Gasteiger partial charge on any atom is 0.121 e. The number of ether oxygens (including phenoxy) is 1. The van der Waals surface area contributed by atoms with Gasteiger partial charge < -0.3 is 10.1 Å². The summed E-state index contributed by atoms with van der Waals surface area (Å²) in [5, 5.41) is 14.5. The molecule has 2 fully saturated rings. The van der Waals surface area contributed by atoms with Crippen molar-refractivity contribution in [1.29, 1.82) is 0 Å². The van der Waals surface area contributed by atoms with Crippen LogP contribution in [0.2, 0.25) is 0 Å². The van der Waals surface area contributed by atoms with Crippen LogP contribution in [0, 0.1) is 11.8 Å². The van der Waals surface area contributed by atoms with Crippen molar-refractivity contribution in [2.24, 2.45) is 11.8 Å². The molecule has 1 heterocycles. The van der Waals surface area contributed by atoms with Crippen LogP contribution in [0.4, 0.5) is 0 Å². The average molecular weight is 267 g/mol. The van der Waals surface area contributed by atoms with Crippen molar-refractivity contribution in [2.45, 2.75) is 31.6 Å². The normalized spacial score (nSPS) is 29.5. The summed E-state index contributed by atoms with van der Waals surface area (Å²) >= 11 is 1.83. The van der Waals surface area contributed by atoms with Gasteiger partial charge in [-0.1, -0.05) is 6.42 Å². The molecule has 2 atom stereocenters. The Balaban J connectivity index is 1.43. The minimum Gasteiger partial charge on any atom is -0.383 e. The number of nitrogens with zero attached hydrogens (tertiary/aromatic N) is 2. The molecule has 0 spiro atoms. The molecule has 0 radical (unpaired) electrons. The third-order valence-electron chi connectivity index (χ3n) is 4.17. The molecule has 2 unspecified atom stereocenters. The Bertz CT molecular complexity index is 385. The highest BCUT2D eigenvalue weighted by Gasteiger charge is 2.54. The van der Waals surface area contributed by atoms with Crippen LogP contribution in [-0.4, -0.2) is 37.0 Å². The lowest BCUT2D eigenvalue weighted by molar-refractivity contribution is 0.199. The summed E-state index contributed by atoms with van der Waals surface area (Å²) in [7, 11) is 1.73. The first-order valence-electron chi connectivity index (χ1n) is 6.92. The van der Waals surface area contributed by atoms with Gasteiger partial charge >= 0.3 is 0 Å². The standard InChI is InChI=1S/C13H21N3OS/c1-17-8-7-14-6-5-11-15-16-13(18-11)12-9-3-2-4-10(9)12/h9-10,12,14H,2-8H2,1H3. The Hall–Kier alpha value is -0.520. The van der Waals surface area contributed by atoms with Crippen LogP contribution in [0.5, 0.6) is 0 Å². The minimum atomic E-state index is 0.770. The van der Waals surface area contributed by atoms with E-state index in [1.54, 1.807) is 7.11 Å². The van der Waals surface area contributed by atoms with E-state index in [4.69, 9.17) is 4.74 Å². The molecule has 1 N–H and O–H groups in total. The van der Waals surface area contributed by atoms with E-state index in [-0.39, 0.29) is 0 Å². The predicted molar refractivity (Wildman–Crippen MR) is 71.9 cm³/mol. The average Bonchev–Trinajstić information content (AvgIpc) is 2.81. The zero-order chi connectivity index (χ0) is 12.4. The maximum absolute atomic E-state index is 4.99. The number of rotatable bonds is 7. The first-order chi connectivity index (χ1) is 8.90. The molecule has 0 aliphatic heterocycles. The van der Waals surface area contributed by atoms with Gasteiger partial charge in [0.2, 0.25) is 0 Å². The Morgan fingerprint density at radius 1 is 1.28 bits per heavy atom. The first-order valence-corrected chi connectivity index (χ1v) is 7.73. The lowest BCUT2D eigenvalue weighted by Gasteiger charge is -2.00. The summed E-state index contributed by atoms with van der Waals surface area (Å²) in [6.07, 6.45) is 5.26. The fraction of sp³-hybridized carbons (Fsp3) is 0.846. The highest BCUT2D eigenvalue weighted by Crippen LogP contribution is 2.63. The SMILES string of the molecule is COCCNCCc1nnc(C2C3CCCC32)s1. The van der Waals surface area contributed by atoms with Crippen LogP contribution < -0.4 is 5.32 Å². The Labute approximate surface area is 112 Å². The van der Waals surface area contributed by atoms with Crippen molar-refractivity contribution in [2.75, 3.05) is 26.8 Å². The summed E-state index contributed by atoms with van der Waals surface area (Å²) < 4.78 is 4.99. The maximum atomic E-state index is 4.99. The molecule has 18 heavy (non-hydrogen) atoms. The third kappa shape index (κ3) is 2.58. The van der Waals surface area contributed by atoms with Gasteiger partial charge in [-0.25, -0.2) is 0 Å². The Morgan fingerprint density at radius 2 is 2.11 bits per heavy atom. The lowest BCUT2D eigenvalue weighted by Crippen LogP contribution is -2.21. The van der Waals surface area contributed by atoms with E-state index in [0.29, 0.717) is 0 Å². The molecule has 0 saturated heterocycles. The van der Waals surface area contributed by atoms with Crippen molar-refractivity contribution >= 4 is 11.3 Å². The molecule has 2 aliphatic rings. The molecule has 1 aromatic heterocycles. The van der Waals surface area contributed by atoms with E-state index in [9.17, 15) is 0 Å². The summed E-state index contributed by atoms with van der Waals surface area (Å²) in [5.41, 5.74) is 0. The van der Waals surface area contributed by atoms with Crippen molar-refractivity contribution in [3.63, 3.8) is 0 Å². The van der Waals surface area contributed by atoms with Crippen LogP contribution >= 0.6 is 11.3 Å². The van der Waals surface area contributed by atoms with Crippen LogP contribution in [0.3, 0.4) is 0 Å². The van der Waals surface area contributed by atoms with Crippen molar-refractivity contribution in [1.82, 2.24) is 15.5 Å². The summed E-state index contributed by atoms with van der Waals surface area (Å²) in [6.45, 7) is 2.65. The van der Waals surface area contributed by atoms with E-state index >= 15 is 0 Å². The molecule has 2 aliphatic carbocycles. The van der Waals surface area contributed by atoms with Gasteiger partial charge in [0.1, 0.15) is 10.0 Å². The van der Waals surface area contributed by atoms with Crippen molar-refractivity contribution < 1.29 is 4.74 Å². The monoisotopic (exact) mass is 267 g/mol. The number of hydrogen-bond acceptors (Lipinski definition) is 5. The highest BCUT2D eigenvalue weighted by atomic mass is 32.1. The van der Waals surface area contributed by atoms with E-state index in [2.05, 4.69) is 15.5 Å². The molecule has 3 rings (SSSR count). The molecular formula is C13H21N3OS. The Kier molecular flexibility index (Phi) is 3.91. The highest BCUT2D eigenvalue weighted by molar-refractivity contribution is 7.11. The van der Waals surface area contributed by atoms with E-state index in [1.165, 1.54) is 29.3 Å².